The second-order valence-electron chi connectivity index (χ2n) is 5.94. The molecule has 0 aromatic heterocycles. The number of likely N-dealkylation sites (tertiary alicyclic amines) is 1. The van der Waals surface area contributed by atoms with Crippen molar-refractivity contribution in [3.63, 3.8) is 0 Å². The second kappa shape index (κ2) is 4.67. The third-order valence-electron chi connectivity index (χ3n) is 3.25. The van der Waals surface area contributed by atoms with E-state index in [-0.39, 0.29) is 29.9 Å². The van der Waals surface area contributed by atoms with E-state index in [9.17, 15) is 9.59 Å². The molecule has 0 aliphatic carbocycles. The first-order valence-electron chi connectivity index (χ1n) is 6.17. The summed E-state index contributed by atoms with van der Waals surface area (Å²) >= 11 is 0. The van der Waals surface area contributed by atoms with E-state index >= 15 is 0 Å². The molecule has 2 unspecified atom stereocenters. The van der Waals surface area contributed by atoms with Crippen LogP contribution in [0.4, 0.5) is 4.79 Å². The lowest BCUT2D eigenvalue weighted by Gasteiger charge is -2.41. The number of rotatable bonds is 0. The van der Waals surface area contributed by atoms with E-state index in [0.717, 1.165) is 0 Å². The van der Waals surface area contributed by atoms with Crippen LogP contribution in [0.2, 0.25) is 0 Å². The molecule has 17 heavy (non-hydrogen) atoms. The van der Waals surface area contributed by atoms with E-state index < -0.39 is 5.60 Å². The fourth-order valence-electron chi connectivity index (χ4n) is 2.15. The van der Waals surface area contributed by atoms with Crippen molar-refractivity contribution in [2.45, 2.75) is 65.6 Å². The van der Waals surface area contributed by atoms with Crippen LogP contribution < -0.4 is 0 Å². The molecule has 0 aromatic carbocycles. The van der Waals surface area contributed by atoms with Crippen molar-refractivity contribution in [1.82, 2.24) is 4.90 Å². The Morgan fingerprint density at radius 1 is 1.29 bits per heavy atom. The molecule has 98 valence electrons. The minimum Gasteiger partial charge on any atom is -0.444 e. The van der Waals surface area contributed by atoms with Crippen LogP contribution in [0.1, 0.15) is 48.0 Å². The average Bonchev–Trinajstić information content (AvgIpc) is 2.11. The van der Waals surface area contributed by atoms with Crippen molar-refractivity contribution >= 4 is 11.9 Å². The Morgan fingerprint density at radius 3 is 2.29 bits per heavy atom. The van der Waals surface area contributed by atoms with E-state index in [0.29, 0.717) is 6.42 Å². The third kappa shape index (κ3) is 3.20. The molecular weight excluding hydrogens is 218 g/mol. The fourth-order valence-corrected chi connectivity index (χ4v) is 2.15. The maximum absolute atomic E-state index is 12.1. The number of amides is 1. The van der Waals surface area contributed by atoms with Crippen LogP contribution in [0, 0.1) is 5.92 Å². The zero-order valence-electron chi connectivity index (χ0n) is 11.6. The lowest BCUT2D eigenvalue weighted by atomic mass is 9.87. The Bertz CT molecular complexity index is 319. The maximum atomic E-state index is 12.1. The molecule has 1 aliphatic rings. The van der Waals surface area contributed by atoms with Gasteiger partial charge in [0.1, 0.15) is 11.4 Å². The van der Waals surface area contributed by atoms with Crippen LogP contribution in [0.5, 0.6) is 0 Å². The smallest absolute Gasteiger partial charge is 0.410 e. The van der Waals surface area contributed by atoms with Crippen molar-refractivity contribution in [3.05, 3.63) is 0 Å². The molecule has 1 saturated heterocycles. The number of Topliss-reactive ketones (excluding diaryl/α,β-unsaturated/α-hetero) is 1. The molecule has 4 nitrogen and oxygen atoms in total. The number of ether oxygens (including phenoxy) is 1. The summed E-state index contributed by atoms with van der Waals surface area (Å²) < 4.78 is 5.38. The highest BCUT2D eigenvalue weighted by atomic mass is 16.6. The normalized spacial score (nSPS) is 30.4. The van der Waals surface area contributed by atoms with Crippen molar-refractivity contribution in [2.24, 2.45) is 5.92 Å². The molecule has 1 rings (SSSR count). The minimum absolute atomic E-state index is 0.0800. The summed E-state index contributed by atoms with van der Waals surface area (Å²) in [5, 5.41) is 0. The number of carbonyl (C=O) groups excluding carboxylic acids is 2. The number of hydrogen-bond donors (Lipinski definition) is 0. The van der Waals surface area contributed by atoms with E-state index in [4.69, 9.17) is 4.74 Å². The number of piperidine rings is 1. The third-order valence-corrected chi connectivity index (χ3v) is 3.25. The maximum Gasteiger partial charge on any atom is 0.410 e. The number of ketones is 1. The topological polar surface area (TPSA) is 46.6 Å². The highest BCUT2D eigenvalue weighted by molar-refractivity contribution is 5.85. The Labute approximate surface area is 103 Å². The zero-order valence-corrected chi connectivity index (χ0v) is 11.6. The van der Waals surface area contributed by atoms with Crippen molar-refractivity contribution < 1.29 is 14.3 Å². The average molecular weight is 241 g/mol. The van der Waals surface area contributed by atoms with Gasteiger partial charge in [0.25, 0.3) is 0 Å². The number of nitrogens with zero attached hydrogens (tertiary/aromatic N) is 1. The van der Waals surface area contributed by atoms with Gasteiger partial charge in [0.15, 0.2) is 0 Å². The minimum atomic E-state index is -0.499. The second-order valence-corrected chi connectivity index (χ2v) is 5.94. The van der Waals surface area contributed by atoms with Crippen molar-refractivity contribution in [3.8, 4) is 0 Å². The summed E-state index contributed by atoms with van der Waals surface area (Å²) in [5.74, 6) is 0.114. The Kier molecular flexibility index (Phi) is 3.84. The standard InChI is InChI=1S/C13H23NO3/c1-8-7-11(15)9(2)10(3)14(8)12(16)17-13(4,5)6/h8-10H,7H2,1-6H3/t8?,9-,10?/m0/s1. The van der Waals surface area contributed by atoms with Gasteiger partial charge in [-0.05, 0) is 34.6 Å². The molecular formula is C13H23NO3. The van der Waals surface area contributed by atoms with Gasteiger partial charge in [0, 0.05) is 24.4 Å². The first-order chi connectivity index (χ1) is 7.63. The molecule has 0 bridgehead atoms. The molecule has 3 atom stereocenters. The van der Waals surface area contributed by atoms with Gasteiger partial charge < -0.3 is 9.64 Å². The zero-order chi connectivity index (χ0) is 13.4. The molecule has 1 aliphatic heterocycles. The van der Waals surface area contributed by atoms with Crippen LogP contribution in [-0.4, -0.2) is 34.5 Å². The van der Waals surface area contributed by atoms with Gasteiger partial charge in [-0.15, -0.1) is 0 Å². The predicted octanol–water partition coefficient (Wildman–Crippen LogP) is 2.61. The summed E-state index contributed by atoms with van der Waals surface area (Å²) in [6, 6.07) is -0.176. The van der Waals surface area contributed by atoms with Crippen molar-refractivity contribution in [2.75, 3.05) is 0 Å². The highest BCUT2D eigenvalue weighted by Gasteiger charge is 2.39. The SMILES string of the molecule is CC1CC(=O)[C@@H](C)C(C)N1C(=O)OC(C)(C)C. The summed E-state index contributed by atoms with van der Waals surface area (Å²) in [7, 11) is 0. The molecule has 4 heteroatoms. The van der Waals surface area contributed by atoms with Crippen LogP contribution in [0.25, 0.3) is 0 Å². The number of hydrogen-bond acceptors (Lipinski definition) is 3. The summed E-state index contributed by atoms with van der Waals surface area (Å²) in [4.78, 5) is 25.5. The van der Waals surface area contributed by atoms with E-state index in [1.807, 2.05) is 41.5 Å². The fraction of sp³-hybridized carbons (Fsp3) is 0.846. The monoisotopic (exact) mass is 241 g/mol. The molecule has 0 aromatic rings. The van der Waals surface area contributed by atoms with Crippen LogP contribution >= 0.6 is 0 Å². The molecule has 0 spiro atoms. The first-order valence-corrected chi connectivity index (χ1v) is 6.17. The van der Waals surface area contributed by atoms with Gasteiger partial charge in [-0.3, -0.25) is 4.79 Å². The van der Waals surface area contributed by atoms with Crippen LogP contribution in [0.3, 0.4) is 0 Å². The van der Waals surface area contributed by atoms with E-state index in [2.05, 4.69) is 0 Å². The lowest BCUT2D eigenvalue weighted by Crippen LogP contribution is -2.55. The van der Waals surface area contributed by atoms with Crippen LogP contribution in [-0.2, 0) is 9.53 Å². The molecule has 1 fully saturated rings. The lowest BCUT2D eigenvalue weighted by molar-refractivity contribution is -0.129. The van der Waals surface area contributed by atoms with E-state index in [1.165, 1.54) is 0 Å². The Balaban J connectivity index is 2.81. The van der Waals surface area contributed by atoms with Gasteiger partial charge in [-0.2, -0.15) is 0 Å². The number of carbonyl (C=O) groups is 2. The molecule has 1 heterocycles. The Hall–Kier alpha value is -1.06. The molecule has 0 saturated carbocycles. The predicted molar refractivity (Wildman–Crippen MR) is 65.8 cm³/mol. The Morgan fingerprint density at radius 2 is 1.82 bits per heavy atom. The van der Waals surface area contributed by atoms with Gasteiger partial charge in [-0.1, -0.05) is 6.92 Å². The molecule has 1 amide bonds. The van der Waals surface area contributed by atoms with Gasteiger partial charge in [-0.25, -0.2) is 4.79 Å². The van der Waals surface area contributed by atoms with Crippen molar-refractivity contribution in [1.29, 1.82) is 0 Å². The quantitative estimate of drug-likeness (QED) is 0.655. The largest absolute Gasteiger partial charge is 0.444 e. The summed E-state index contributed by atoms with van der Waals surface area (Å²) in [5.41, 5.74) is -0.499. The van der Waals surface area contributed by atoms with Gasteiger partial charge >= 0.3 is 6.09 Å². The molecule has 0 N–H and O–H groups in total. The van der Waals surface area contributed by atoms with E-state index in [1.54, 1.807) is 4.90 Å². The highest BCUT2D eigenvalue weighted by Crippen LogP contribution is 2.26. The van der Waals surface area contributed by atoms with Crippen LogP contribution in [0.15, 0.2) is 0 Å². The van der Waals surface area contributed by atoms with Gasteiger partial charge in [0.2, 0.25) is 0 Å². The summed E-state index contributed by atoms with van der Waals surface area (Å²) in [6.45, 7) is 11.2. The van der Waals surface area contributed by atoms with Gasteiger partial charge in [0.05, 0.1) is 0 Å². The first kappa shape index (κ1) is 14.0. The summed E-state index contributed by atoms with van der Waals surface area (Å²) in [6.07, 6.45) is 0.0990. The molecule has 0 radical (unpaired) electrons.